The Labute approximate surface area is 118 Å². The molecule has 0 aliphatic heterocycles. The average molecular weight is 278 g/mol. The molecule has 2 rings (SSSR count). The minimum Gasteiger partial charge on any atom is -0.324 e. The normalized spacial score (nSPS) is 12.5. The molecule has 0 saturated carbocycles. The van der Waals surface area contributed by atoms with E-state index in [1.165, 1.54) is 12.1 Å². The second-order valence-corrected chi connectivity index (χ2v) is 5.24. The zero-order valence-corrected chi connectivity index (χ0v) is 11.8. The summed E-state index contributed by atoms with van der Waals surface area (Å²) in [4.78, 5) is 0. The monoisotopic (exact) mass is 277 g/mol. The summed E-state index contributed by atoms with van der Waals surface area (Å²) in [5.74, 6) is -0.214. The standard InChI is InChI=1S/C16H17ClFN/c1-10-8-13(18)7-6-12(10)9-16(19)14-4-3-5-15(17)11(14)2/h3-8,16H,9,19H2,1-2H3. The number of benzene rings is 2. The molecule has 1 atom stereocenters. The Morgan fingerprint density at radius 2 is 1.95 bits per heavy atom. The smallest absolute Gasteiger partial charge is 0.123 e. The van der Waals surface area contributed by atoms with Crippen LogP contribution in [0.4, 0.5) is 4.39 Å². The summed E-state index contributed by atoms with van der Waals surface area (Å²) >= 11 is 6.11. The molecule has 19 heavy (non-hydrogen) atoms. The van der Waals surface area contributed by atoms with Crippen LogP contribution in [0.25, 0.3) is 0 Å². The lowest BCUT2D eigenvalue weighted by molar-refractivity contribution is 0.623. The van der Waals surface area contributed by atoms with Gasteiger partial charge in [0.2, 0.25) is 0 Å². The molecular weight excluding hydrogens is 261 g/mol. The minimum atomic E-state index is -0.214. The Bertz CT molecular complexity index is 595. The second-order valence-electron chi connectivity index (χ2n) is 4.84. The van der Waals surface area contributed by atoms with E-state index in [4.69, 9.17) is 17.3 Å². The quantitative estimate of drug-likeness (QED) is 0.887. The van der Waals surface area contributed by atoms with Crippen molar-refractivity contribution in [3.8, 4) is 0 Å². The highest BCUT2D eigenvalue weighted by atomic mass is 35.5. The molecule has 0 fully saturated rings. The minimum absolute atomic E-state index is 0.136. The Morgan fingerprint density at radius 3 is 2.63 bits per heavy atom. The van der Waals surface area contributed by atoms with Gasteiger partial charge in [-0.1, -0.05) is 29.8 Å². The molecule has 2 aromatic rings. The summed E-state index contributed by atoms with van der Waals surface area (Å²) in [6, 6.07) is 10.4. The van der Waals surface area contributed by atoms with E-state index in [9.17, 15) is 4.39 Å². The second kappa shape index (κ2) is 5.72. The van der Waals surface area contributed by atoms with Crippen LogP contribution >= 0.6 is 11.6 Å². The van der Waals surface area contributed by atoms with Gasteiger partial charge in [-0.25, -0.2) is 4.39 Å². The zero-order valence-electron chi connectivity index (χ0n) is 11.1. The summed E-state index contributed by atoms with van der Waals surface area (Å²) in [7, 11) is 0. The molecule has 0 saturated heterocycles. The molecule has 3 heteroatoms. The van der Waals surface area contributed by atoms with Gasteiger partial charge < -0.3 is 5.73 Å². The maximum absolute atomic E-state index is 13.1. The van der Waals surface area contributed by atoms with Crippen molar-refractivity contribution in [2.75, 3.05) is 0 Å². The van der Waals surface area contributed by atoms with E-state index in [0.29, 0.717) is 6.42 Å². The molecular formula is C16H17ClFN. The van der Waals surface area contributed by atoms with E-state index in [2.05, 4.69) is 0 Å². The van der Waals surface area contributed by atoms with E-state index in [0.717, 1.165) is 27.3 Å². The summed E-state index contributed by atoms with van der Waals surface area (Å²) in [5, 5.41) is 0.726. The van der Waals surface area contributed by atoms with Crippen molar-refractivity contribution in [1.82, 2.24) is 0 Å². The number of halogens is 2. The van der Waals surface area contributed by atoms with Crippen molar-refractivity contribution in [1.29, 1.82) is 0 Å². The van der Waals surface area contributed by atoms with Crippen LogP contribution in [-0.4, -0.2) is 0 Å². The lowest BCUT2D eigenvalue weighted by Gasteiger charge is -2.17. The zero-order chi connectivity index (χ0) is 14.0. The third-order valence-electron chi connectivity index (χ3n) is 3.45. The SMILES string of the molecule is Cc1cc(F)ccc1CC(N)c1cccc(Cl)c1C. The molecule has 0 bridgehead atoms. The van der Waals surface area contributed by atoms with Crippen molar-refractivity contribution in [3.05, 3.63) is 69.5 Å². The molecule has 0 aliphatic rings. The topological polar surface area (TPSA) is 26.0 Å². The van der Waals surface area contributed by atoms with Crippen LogP contribution in [-0.2, 0) is 6.42 Å². The maximum atomic E-state index is 13.1. The number of aryl methyl sites for hydroxylation is 1. The highest BCUT2D eigenvalue weighted by Gasteiger charge is 2.12. The van der Waals surface area contributed by atoms with Crippen LogP contribution in [0.1, 0.15) is 28.3 Å². The Balaban J connectivity index is 2.25. The van der Waals surface area contributed by atoms with Gasteiger partial charge in [-0.3, -0.25) is 0 Å². The van der Waals surface area contributed by atoms with Gasteiger partial charge in [0, 0.05) is 11.1 Å². The first kappa shape index (κ1) is 14.0. The summed E-state index contributed by atoms with van der Waals surface area (Å²) in [6.45, 7) is 3.87. The van der Waals surface area contributed by atoms with Crippen molar-refractivity contribution in [2.24, 2.45) is 5.73 Å². The van der Waals surface area contributed by atoms with E-state index >= 15 is 0 Å². The lowest BCUT2D eigenvalue weighted by atomic mass is 9.94. The number of nitrogens with two attached hydrogens (primary N) is 1. The van der Waals surface area contributed by atoms with Crippen molar-refractivity contribution < 1.29 is 4.39 Å². The van der Waals surface area contributed by atoms with Gasteiger partial charge in [0.25, 0.3) is 0 Å². The fourth-order valence-electron chi connectivity index (χ4n) is 2.26. The predicted molar refractivity (Wildman–Crippen MR) is 78.0 cm³/mol. The van der Waals surface area contributed by atoms with Gasteiger partial charge in [-0.05, 0) is 60.7 Å². The van der Waals surface area contributed by atoms with Crippen LogP contribution in [0.2, 0.25) is 5.02 Å². The van der Waals surface area contributed by atoms with E-state index in [1.807, 2.05) is 32.0 Å². The fraction of sp³-hybridized carbons (Fsp3) is 0.250. The molecule has 2 N–H and O–H groups in total. The summed E-state index contributed by atoms with van der Waals surface area (Å²) < 4.78 is 13.1. The summed E-state index contributed by atoms with van der Waals surface area (Å²) in [5.41, 5.74) is 10.3. The van der Waals surface area contributed by atoms with Gasteiger partial charge in [-0.15, -0.1) is 0 Å². The van der Waals surface area contributed by atoms with Gasteiger partial charge in [0.05, 0.1) is 0 Å². The van der Waals surface area contributed by atoms with E-state index < -0.39 is 0 Å². The molecule has 0 heterocycles. The largest absolute Gasteiger partial charge is 0.324 e. The van der Waals surface area contributed by atoms with Crippen molar-refractivity contribution in [2.45, 2.75) is 26.3 Å². The van der Waals surface area contributed by atoms with Crippen molar-refractivity contribution >= 4 is 11.6 Å². The lowest BCUT2D eigenvalue weighted by Crippen LogP contribution is -2.15. The molecule has 0 radical (unpaired) electrons. The Hall–Kier alpha value is -1.38. The molecule has 1 unspecified atom stereocenters. The number of rotatable bonds is 3. The average Bonchev–Trinajstić information content (AvgIpc) is 2.36. The molecule has 0 spiro atoms. The Morgan fingerprint density at radius 1 is 1.21 bits per heavy atom. The van der Waals surface area contributed by atoms with Gasteiger partial charge in [0.15, 0.2) is 0 Å². The molecule has 0 aromatic heterocycles. The van der Waals surface area contributed by atoms with Gasteiger partial charge in [-0.2, -0.15) is 0 Å². The highest BCUT2D eigenvalue weighted by Crippen LogP contribution is 2.26. The summed E-state index contributed by atoms with van der Waals surface area (Å²) in [6.07, 6.45) is 0.674. The number of hydrogen-bond donors (Lipinski definition) is 1. The third kappa shape index (κ3) is 3.14. The first-order valence-electron chi connectivity index (χ1n) is 6.24. The van der Waals surface area contributed by atoms with Gasteiger partial charge >= 0.3 is 0 Å². The molecule has 1 nitrogen and oxygen atoms in total. The van der Waals surface area contributed by atoms with Crippen LogP contribution in [0, 0.1) is 19.7 Å². The van der Waals surface area contributed by atoms with Crippen LogP contribution in [0.15, 0.2) is 36.4 Å². The van der Waals surface area contributed by atoms with E-state index in [-0.39, 0.29) is 11.9 Å². The van der Waals surface area contributed by atoms with Crippen LogP contribution in [0.3, 0.4) is 0 Å². The first-order valence-corrected chi connectivity index (χ1v) is 6.62. The molecule has 0 aliphatic carbocycles. The Kier molecular flexibility index (Phi) is 4.23. The van der Waals surface area contributed by atoms with Gasteiger partial charge in [0.1, 0.15) is 5.82 Å². The van der Waals surface area contributed by atoms with Crippen LogP contribution in [0.5, 0.6) is 0 Å². The predicted octanol–water partition coefficient (Wildman–Crippen LogP) is 4.34. The molecule has 2 aromatic carbocycles. The van der Waals surface area contributed by atoms with Crippen LogP contribution < -0.4 is 5.73 Å². The number of hydrogen-bond acceptors (Lipinski definition) is 1. The highest BCUT2D eigenvalue weighted by molar-refractivity contribution is 6.31. The van der Waals surface area contributed by atoms with E-state index in [1.54, 1.807) is 6.07 Å². The maximum Gasteiger partial charge on any atom is 0.123 e. The molecule has 100 valence electrons. The van der Waals surface area contributed by atoms with Crippen molar-refractivity contribution in [3.63, 3.8) is 0 Å². The third-order valence-corrected chi connectivity index (χ3v) is 3.86. The molecule has 0 amide bonds. The first-order chi connectivity index (χ1) is 8.99. The fourth-order valence-corrected chi connectivity index (χ4v) is 2.44.